The van der Waals surface area contributed by atoms with E-state index in [1.54, 1.807) is 11.3 Å². The highest BCUT2D eigenvalue weighted by Crippen LogP contribution is 2.29. The maximum atomic E-state index is 12.8. The van der Waals surface area contributed by atoms with E-state index < -0.39 is 5.54 Å². The molecule has 1 amide bonds. The number of amides is 1. The molecule has 1 N–H and O–H groups in total. The predicted octanol–water partition coefficient (Wildman–Crippen LogP) is 2.02. The number of nitrogens with one attached hydrogen (secondary N) is 1. The monoisotopic (exact) mass is 320 g/mol. The van der Waals surface area contributed by atoms with E-state index in [1.807, 2.05) is 29.0 Å². The summed E-state index contributed by atoms with van der Waals surface area (Å²) in [6, 6.07) is 3.99. The molecular formula is C15H20N4O2S. The number of rotatable bonds is 4. The van der Waals surface area contributed by atoms with E-state index >= 15 is 0 Å². The third kappa shape index (κ3) is 2.55. The molecule has 1 aliphatic heterocycles. The molecule has 0 spiro atoms. The minimum absolute atomic E-state index is 0.0662. The zero-order valence-corrected chi connectivity index (χ0v) is 13.8. The standard InChI is InChI=1S/C15H20N4O2S/c1-10(2)13-18-17-12-8-21-9-15(3,19(12)13)14(20)16-7-11-5-4-6-22-11/h4-6,10H,7-9H2,1-3H3,(H,16,20). The van der Waals surface area contributed by atoms with Crippen LogP contribution in [0.15, 0.2) is 17.5 Å². The van der Waals surface area contributed by atoms with Crippen molar-refractivity contribution < 1.29 is 9.53 Å². The van der Waals surface area contributed by atoms with Crippen LogP contribution < -0.4 is 5.32 Å². The summed E-state index contributed by atoms with van der Waals surface area (Å²) in [5.74, 6) is 1.67. The number of fused-ring (bicyclic) bond motifs is 1. The molecule has 0 aromatic carbocycles. The summed E-state index contributed by atoms with van der Waals surface area (Å²) in [7, 11) is 0. The van der Waals surface area contributed by atoms with Gasteiger partial charge in [-0.15, -0.1) is 21.5 Å². The third-order valence-corrected chi connectivity index (χ3v) is 4.75. The molecule has 2 aromatic rings. The molecule has 0 saturated carbocycles. The summed E-state index contributed by atoms with van der Waals surface area (Å²) >= 11 is 1.63. The number of thiophene rings is 1. The first-order valence-corrected chi connectivity index (χ1v) is 8.23. The molecule has 0 fully saturated rings. The third-order valence-electron chi connectivity index (χ3n) is 3.87. The summed E-state index contributed by atoms with van der Waals surface area (Å²) in [4.78, 5) is 13.9. The van der Waals surface area contributed by atoms with Crippen molar-refractivity contribution in [3.05, 3.63) is 34.0 Å². The van der Waals surface area contributed by atoms with Gasteiger partial charge >= 0.3 is 0 Å². The maximum Gasteiger partial charge on any atom is 0.248 e. The van der Waals surface area contributed by atoms with Crippen molar-refractivity contribution in [1.82, 2.24) is 20.1 Å². The Morgan fingerprint density at radius 1 is 1.55 bits per heavy atom. The first-order valence-electron chi connectivity index (χ1n) is 7.35. The van der Waals surface area contributed by atoms with Crippen molar-refractivity contribution in [3.63, 3.8) is 0 Å². The van der Waals surface area contributed by atoms with Crippen LogP contribution >= 0.6 is 11.3 Å². The van der Waals surface area contributed by atoms with Gasteiger partial charge in [0.15, 0.2) is 5.82 Å². The Bertz CT molecular complexity index is 665. The zero-order chi connectivity index (χ0) is 15.7. The topological polar surface area (TPSA) is 69.0 Å². The molecule has 3 rings (SSSR count). The van der Waals surface area contributed by atoms with Crippen LogP contribution in [0.2, 0.25) is 0 Å². The lowest BCUT2D eigenvalue weighted by atomic mass is 9.99. The van der Waals surface area contributed by atoms with Crippen LogP contribution in [0, 0.1) is 0 Å². The molecular weight excluding hydrogens is 300 g/mol. The molecule has 0 aliphatic carbocycles. The average Bonchev–Trinajstić information content (AvgIpc) is 3.14. The molecule has 0 bridgehead atoms. The lowest BCUT2D eigenvalue weighted by molar-refractivity contribution is -0.135. The van der Waals surface area contributed by atoms with Crippen molar-refractivity contribution in [2.45, 2.75) is 45.4 Å². The minimum Gasteiger partial charge on any atom is -0.370 e. The van der Waals surface area contributed by atoms with Gasteiger partial charge in [-0.05, 0) is 18.4 Å². The fourth-order valence-electron chi connectivity index (χ4n) is 2.68. The highest BCUT2D eigenvalue weighted by molar-refractivity contribution is 7.09. The van der Waals surface area contributed by atoms with E-state index in [9.17, 15) is 4.79 Å². The molecule has 2 aromatic heterocycles. The first kappa shape index (κ1) is 15.2. The van der Waals surface area contributed by atoms with Gasteiger partial charge in [-0.25, -0.2) is 0 Å². The van der Waals surface area contributed by atoms with E-state index in [-0.39, 0.29) is 11.8 Å². The zero-order valence-electron chi connectivity index (χ0n) is 13.0. The Balaban J connectivity index is 1.86. The van der Waals surface area contributed by atoms with Crippen LogP contribution in [0.5, 0.6) is 0 Å². The second kappa shape index (κ2) is 5.81. The number of nitrogens with zero attached hydrogens (tertiary/aromatic N) is 3. The number of carbonyl (C=O) groups excluding carboxylic acids is 1. The lowest BCUT2D eigenvalue weighted by Crippen LogP contribution is -2.53. The van der Waals surface area contributed by atoms with E-state index in [0.29, 0.717) is 25.6 Å². The van der Waals surface area contributed by atoms with Gasteiger partial charge in [0.25, 0.3) is 0 Å². The molecule has 3 heterocycles. The fraction of sp³-hybridized carbons (Fsp3) is 0.533. The van der Waals surface area contributed by atoms with Gasteiger partial charge in [0, 0.05) is 10.8 Å². The smallest absolute Gasteiger partial charge is 0.248 e. The number of hydrogen-bond donors (Lipinski definition) is 1. The van der Waals surface area contributed by atoms with Crippen LogP contribution in [0.4, 0.5) is 0 Å². The minimum atomic E-state index is -0.812. The highest BCUT2D eigenvalue weighted by Gasteiger charge is 2.42. The summed E-state index contributed by atoms with van der Waals surface area (Å²) in [6.07, 6.45) is 0. The molecule has 7 heteroatoms. The quantitative estimate of drug-likeness (QED) is 0.936. The molecule has 0 radical (unpaired) electrons. The molecule has 22 heavy (non-hydrogen) atoms. The van der Waals surface area contributed by atoms with Crippen molar-refractivity contribution in [3.8, 4) is 0 Å². The molecule has 1 aliphatic rings. The number of aromatic nitrogens is 3. The van der Waals surface area contributed by atoms with E-state index in [1.165, 1.54) is 0 Å². The average molecular weight is 320 g/mol. The van der Waals surface area contributed by atoms with E-state index in [0.717, 1.165) is 10.7 Å². The Morgan fingerprint density at radius 2 is 2.36 bits per heavy atom. The molecule has 6 nitrogen and oxygen atoms in total. The number of carbonyl (C=O) groups is 1. The molecule has 1 atom stereocenters. The van der Waals surface area contributed by atoms with E-state index in [2.05, 4.69) is 29.4 Å². The summed E-state index contributed by atoms with van der Waals surface area (Å²) in [6.45, 7) is 7.24. The van der Waals surface area contributed by atoms with Gasteiger partial charge in [0.2, 0.25) is 5.91 Å². The van der Waals surface area contributed by atoms with Crippen LogP contribution in [-0.4, -0.2) is 27.3 Å². The number of hydrogen-bond acceptors (Lipinski definition) is 5. The van der Waals surface area contributed by atoms with Crippen LogP contribution in [0.1, 0.15) is 43.2 Å². The highest BCUT2D eigenvalue weighted by atomic mass is 32.1. The predicted molar refractivity (Wildman–Crippen MR) is 83.6 cm³/mol. The molecule has 118 valence electrons. The van der Waals surface area contributed by atoms with Gasteiger partial charge in [-0.2, -0.15) is 0 Å². The van der Waals surface area contributed by atoms with Crippen molar-refractivity contribution in [2.24, 2.45) is 0 Å². The maximum absolute atomic E-state index is 12.8. The second-order valence-electron chi connectivity index (χ2n) is 5.99. The van der Waals surface area contributed by atoms with Crippen LogP contribution in [0.25, 0.3) is 0 Å². The van der Waals surface area contributed by atoms with E-state index in [4.69, 9.17) is 4.74 Å². The molecule has 0 saturated heterocycles. The van der Waals surface area contributed by atoms with Gasteiger partial charge in [0.1, 0.15) is 18.0 Å². The SMILES string of the molecule is CC(C)c1nnc2n1C(C)(C(=O)NCc1cccs1)COC2. The van der Waals surface area contributed by atoms with Gasteiger partial charge in [-0.3, -0.25) is 9.36 Å². The van der Waals surface area contributed by atoms with Crippen molar-refractivity contribution >= 4 is 17.2 Å². The lowest BCUT2D eigenvalue weighted by Gasteiger charge is -2.35. The van der Waals surface area contributed by atoms with Crippen molar-refractivity contribution in [1.29, 1.82) is 0 Å². The normalized spacial score (nSPS) is 20.9. The fourth-order valence-corrected chi connectivity index (χ4v) is 3.32. The number of ether oxygens (including phenoxy) is 1. The van der Waals surface area contributed by atoms with Crippen molar-refractivity contribution in [2.75, 3.05) is 6.61 Å². The molecule has 1 unspecified atom stereocenters. The summed E-state index contributed by atoms with van der Waals surface area (Å²) in [5, 5.41) is 13.4. The first-order chi connectivity index (χ1) is 10.5. The Hall–Kier alpha value is -1.73. The second-order valence-corrected chi connectivity index (χ2v) is 7.03. The van der Waals surface area contributed by atoms with Gasteiger partial charge in [-0.1, -0.05) is 19.9 Å². The largest absolute Gasteiger partial charge is 0.370 e. The summed E-state index contributed by atoms with van der Waals surface area (Å²) < 4.78 is 7.53. The van der Waals surface area contributed by atoms with Gasteiger partial charge in [0.05, 0.1) is 13.2 Å². The van der Waals surface area contributed by atoms with Crippen LogP contribution in [0.3, 0.4) is 0 Å². The Kier molecular flexibility index (Phi) is 4.01. The summed E-state index contributed by atoms with van der Waals surface area (Å²) in [5.41, 5.74) is -0.812. The Labute approximate surface area is 133 Å². The van der Waals surface area contributed by atoms with Crippen LogP contribution in [-0.2, 0) is 28.2 Å². The van der Waals surface area contributed by atoms with Gasteiger partial charge < -0.3 is 10.1 Å². The Morgan fingerprint density at radius 3 is 3.05 bits per heavy atom.